The first kappa shape index (κ1) is 16.7. The van der Waals surface area contributed by atoms with Gasteiger partial charge in [-0.05, 0) is 25.3 Å². The van der Waals surface area contributed by atoms with E-state index in [1.807, 2.05) is 12.4 Å². The van der Waals surface area contributed by atoms with E-state index in [0.717, 1.165) is 24.2 Å². The molecule has 0 aromatic carbocycles. The minimum Gasteiger partial charge on any atom is -0.337 e. The molecule has 0 saturated heterocycles. The molecule has 4 heteroatoms. The summed E-state index contributed by atoms with van der Waals surface area (Å²) < 4.78 is 2.10. The Bertz CT molecular complexity index is 356. The number of alkyl halides is 1. The average Bonchev–Trinajstić information content (AvgIpc) is 2.75. The van der Waals surface area contributed by atoms with Crippen LogP contribution in [0.1, 0.15) is 45.4 Å². The van der Waals surface area contributed by atoms with Gasteiger partial charge in [0.2, 0.25) is 0 Å². The minimum atomic E-state index is 0.406. The third-order valence-corrected chi connectivity index (χ3v) is 4.97. The van der Waals surface area contributed by atoms with Crippen molar-refractivity contribution in [2.24, 2.45) is 12.5 Å². The molecule has 0 atom stereocenters. The Hall–Kier alpha value is -0.350. The summed E-state index contributed by atoms with van der Waals surface area (Å²) >= 11 is 3.75. The summed E-state index contributed by atoms with van der Waals surface area (Å²) in [5.41, 5.74) is 0.406. The number of halogens is 1. The van der Waals surface area contributed by atoms with Crippen LogP contribution in [0.4, 0.5) is 0 Å². The summed E-state index contributed by atoms with van der Waals surface area (Å²) in [6.07, 6.45) is 8.97. The molecule has 0 N–H and O–H groups in total. The Morgan fingerprint density at radius 2 is 1.95 bits per heavy atom. The molecule has 0 radical (unpaired) electrons. The fourth-order valence-electron chi connectivity index (χ4n) is 2.94. The highest BCUT2D eigenvalue weighted by molar-refractivity contribution is 9.09. The number of rotatable bonds is 9. The minimum absolute atomic E-state index is 0.406. The van der Waals surface area contributed by atoms with Gasteiger partial charge in [0.25, 0.3) is 0 Å². The summed E-state index contributed by atoms with van der Waals surface area (Å²) in [5.74, 6) is 1.14. The predicted molar refractivity (Wildman–Crippen MR) is 85.6 cm³/mol. The third-order valence-electron chi connectivity index (χ3n) is 3.78. The Morgan fingerprint density at radius 1 is 1.32 bits per heavy atom. The number of aromatic nitrogens is 2. The van der Waals surface area contributed by atoms with Crippen LogP contribution in [0.15, 0.2) is 12.4 Å². The second-order valence-corrected chi connectivity index (χ2v) is 6.32. The van der Waals surface area contributed by atoms with E-state index in [0.29, 0.717) is 5.41 Å². The zero-order chi connectivity index (χ0) is 14.3. The van der Waals surface area contributed by atoms with Crippen molar-refractivity contribution in [1.29, 1.82) is 0 Å². The van der Waals surface area contributed by atoms with E-state index in [1.54, 1.807) is 0 Å². The van der Waals surface area contributed by atoms with Crippen LogP contribution in [-0.4, -0.2) is 33.4 Å². The smallest absolute Gasteiger partial charge is 0.122 e. The van der Waals surface area contributed by atoms with Crippen LogP contribution in [0, 0.1) is 5.41 Å². The highest BCUT2D eigenvalue weighted by Gasteiger charge is 2.28. The maximum atomic E-state index is 4.41. The molecule has 0 saturated carbocycles. The van der Waals surface area contributed by atoms with Gasteiger partial charge in [-0.2, -0.15) is 0 Å². The molecule has 0 aliphatic heterocycles. The second-order valence-electron chi connectivity index (χ2n) is 5.76. The second kappa shape index (κ2) is 8.05. The summed E-state index contributed by atoms with van der Waals surface area (Å²) in [4.78, 5) is 6.82. The maximum Gasteiger partial charge on any atom is 0.122 e. The van der Waals surface area contributed by atoms with Crippen molar-refractivity contribution in [1.82, 2.24) is 14.5 Å². The van der Waals surface area contributed by atoms with Gasteiger partial charge in [-0.15, -0.1) is 0 Å². The van der Waals surface area contributed by atoms with Gasteiger partial charge >= 0.3 is 0 Å². The van der Waals surface area contributed by atoms with E-state index in [4.69, 9.17) is 0 Å². The summed E-state index contributed by atoms with van der Waals surface area (Å²) in [7, 11) is 4.27. The molecule has 0 amide bonds. The van der Waals surface area contributed by atoms with Crippen LogP contribution in [-0.2, 0) is 13.6 Å². The van der Waals surface area contributed by atoms with Crippen LogP contribution < -0.4 is 0 Å². The van der Waals surface area contributed by atoms with Gasteiger partial charge in [0.15, 0.2) is 0 Å². The molecular weight excluding hydrogens is 302 g/mol. The molecule has 0 aliphatic carbocycles. The largest absolute Gasteiger partial charge is 0.337 e. The van der Waals surface area contributed by atoms with Crippen molar-refractivity contribution < 1.29 is 0 Å². The van der Waals surface area contributed by atoms with Crippen LogP contribution in [0.25, 0.3) is 0 Å². The summed E-state index contributed by atoms with van der Waals surface area (Å²) in [6.45, 7) is 6.62. The Morgan fingerprint density at radius 3 is 2.37 bits per heavy atom. The predicted octanol–water partition coefficient (Wildman–Crippen LogP) is 3.83. The molecule has 0 aliphatic rings. The van der Waals surface area contributed by atoms with E-state index in [9.17, 15) is 0 Å². The van der Waals surface area contributed by atoms with E-state index >= 15 is 0 Å². The van der Waals surface area contributed by atoms with Crippen molar-refractivity contribution in [3.05, 3.63) is 18.2 Å². The molecule has 3 nitrogen and oxygen atoms in total. The molecule has 0 spiro atoms. The summed E-state index contributed by atoms with van der Waals surface area (Å²) in [6, 6.07) is 0. The van der Waals surface area contributed by atoms with Crippen LogP contribution in [0.5, 0.6) is 0 Å². The fourth-order valence-corrected chi connectivity index (χ4v) is 3.68. The molecule has 0 bridgehead atoms. The van der Waals surface area contributed by atoms with E-state index in [-0.39, 0.29) is 0 Å². The third kappa shape index (κ3) is 4.92. The maximum absolute atomic E-state index is 4.41. The Balaban J connectivity index is 2.64. The molecule has 19 heavy (non-hydrogen) atoms. The number of hydrogen-bond acceptors (Lipinski definition) is 2. The topological polar surface area (TPSA) is 21.1 Å². The van der Waals surface area contributed by atoms with Gasteiger partial charge in [0, 0.05) is 31.3 Å². The van der Waals surface area contributed by atoms with Crippen molar-refractivity contribution >= 4 is 15.9 Å². The number of hydrogen-bond donors (Lipinski definition) is 0. The monoisotopic (exact) mass is 329 g/mol. The highest BCUT2D eigenvalue weighted by Crippen LogP contribution is 2.33. The van der Waals surface area contributed by atoms with Gasteiger partial charge in [-0.1, -0.05) is 42.6 Å². The van der Waals surface area contributed by atoms with Crippen LogP contribution in [0.2, 0.25) is 0 Å². The number of aryl methyl sites for hydroxylation is 1. The van der Waals surface area contributed by atoms with E-state index in [1.165, 1.54) is 25.7 Å². The molecular formula is C15H28BrN3. The lowest BCUT2D eigenvalue weighted by Gasteiger charge is -2.35. The first-order valence-corrected chi connectivity index (χ1v) is 8.39. The quantitative estimate of drug-likeness (QED) is 0.642. The first-order valence-electron chi connectivity index (χ1n) is 7.27. The number of imidazole rings is 1. The van der Waals surface area contributed by atoms with Gasteiger partial charge < -0.3 is 4.57 Å². The first-order chi connectivity index (χ1) is 9.06. The SMILES string of the molecule is CCCC(CBr)(CCC)CN(C)Cc1nccn1C. The van der Waals surface area contributed by atoms with E-state index < -0.39 is 0 Å². The molecule has 0 fully saturated rings. The normalized spacial score (nSPS) is 12.3. The molecule has 0 unspecified atom stereocenters. The van der Waals surface area contributed by atoms with Gasteiger partial charge in [-0.3, -0.25) is 4.90 Å². The lowest BCUT2D eigenvalue weighted by molar-refractivity contribution is 0.162. The van der Waals surface area contributed by atoms with E-state index in [2.05, 4.69) is 58.3 Å². The molecule has 110 valence electrons. The van der Waals surface area contributed by atoms with Crippen LogP contribution >= 0.6 is 15.9 Å². The lowest BCUT2D eigenvalue weighted by Crippen LogP contribution is -2.37. The molecule has 1 aromatic heterocycles. The molecule has 1 heterocycles. The number of nitrogens with zero attached hydrogens (tertiary/aromatic N) is 3. The van der Waals surface area contributed by atoms with Crippen molar-refractivity contribution in [3.8, 4) is 0 Å². The highest BCUT2D eigenvalue weighted by atomic mass is 79.9. The van der Waals surface area contributed by atoms with Gasteiger partial charge in [0.05, 0.1) is 6.54 Å². The lowest BCUT2D eigenvalue weighted by atomic mass is 9.81. The zero-order valence-corrected chi connectivity index (χ0v) is 14.4. The summed E-state index contributed by atoms with van der Waals surface area (Å²) in [5, 5.41) is 1.09. The van der Waals surface area contributed by atoms with Crippen LogP contribution in [0.3, 0.4) is 0 Å². The average molecular weight is 330 g/mol. The van der Waals surface area contributed by atoms with Gasteiger partial charge in [0.1, 0.15) is 5.82 Å². The Kier molecular flexibility index (Phi) is 7.08. The van der Waals surface area contributed by atoms with Crippen molar-refractivity contribution in [2.75, 3.05) is 18.9 Å². The zero-order valence-electron chi connectivity index (χ0n) is 12.8. The Labute approximate surface area is 126 Å². The van der Waals surface area contributed by atoms with Crippen molar-refractivity contribution in [2.45, 2.75) is 46.1 Å². The van der Waals surface area contributed by atoms with Gasteiger partial charge in [-0.25, -0.2) is 4.98 Å². The standard InChI is InChI=1S/C15H28BrN3/c1-5-7-15(12-16,8-6-2)13-18(3)11-14-17-9-10-19(14)4/h9-10H,5-8,11-13H2,1-4H3. The van der Waals surface area contributed by atoms with Crippen molar-refractivity contribution in [3.63, 3.8) is 0 Å². The molecule has 1 rings (SSSR count). The fraction of sp³-hybridized carbons (Fsp3) is 0.800. The molecule has 1 aromatic rings.